The Morgan fingerprint density at radius 2 is 1.70 bits per heavy atom. The van der Waals surface area contributed by atoms with Gasteiger partial charge in [0.25, 0.3) is 0 Å². The summed E-state index contributed by atoms with van der Waals surface area (Å²) >= 11 is 0. The molecule has 5 saturated heterocycles. The Morgan fingerprint density at radius 1 is 0.856 bits per heavy atom. The van der Waals surface area contributed by atoms with Gasteiger partial charge < -0.3 is 43.6 Å². The lowest BCUT2D eigenvalue weighted by Crippen LogP contribution is -2.84. The zero-order valence-electron chi connectivity index (χ0n) is 53.0. The minimum absolute atomic E-state index is 0.0563. The fourth-order valence-electron chi connectivity index (χ4n) is 30.2. The number of hydrogen-bond donors (Lipinski definition) is 4. The Morgan fingerprint density at radius 3 is 2.54 bits per heavy atom. The van der Waals surface area contributed by atoms with Gasteiger partial charge in [0.15, 0.2) is 11.9 Å². The summed E-state index contributed by atoms with van der Waals surface area (Å²) in [5.41, 5.74) is -5.46. The molecule has 15 fully saturated rings. The van der Waals surface area contributed by atoms with Crippen molar-refractivity contribution in [3.05, 3.63) is 95.6 Å². The van der Waals surface area contributed by atoms with Crippen molar-refractivity contribution < 1.29 is 53.1 Å². The summed E-state index contributed by atoms with van der Waals surface area (Å²) in [5, 5.41) is 41.7. The number of furan rings is 1. The second-order valence-corrected chi connectivity index (χ2v) is 34.6. The lowest BCUT2D eigenvalue weighted by atomic mass is 9.28. The molecule has 25 atom stereocenters. The minimum Gasteiger partial charge on any atom is -0.469 e. The molecule has 8 heterocycles. The van der Waals surface area contributed by atoms with E-state index in [0.29, 0.717) is 48.8 Å². The third kappa shape index (κ3) is 6.20. The van der Waals surface area contributed by atoms with E-state index >= 15 is 19.5 Å². The van der Waals surface area contributed by atoms with Crippen molar-refractivity contribution in [2.75, 3.05) is 26.4 Å². The number of aliphatic hydroxyl groups is 3. The van der Waals surface area contributed by atoms with Crippen LogP contribution in [-0.4, -0.2) is 106 Å². The van der Waals surface area contributed by atoms with Gasteiger partial charge in [-0.1, -0.05) is 107 Å². The highest BCUT2D eigenvalue weighted by atomic mass is 16.7. The molecule has 0 unspecified atom stereocenters. The van der Waals surface area contributed by atoms with Gasteiger partial charge in [-0.3, -0.25) is 14.9 Å². The van der Waals surface area contributed by atoms with Crippen LogP contribution in [0.2, 0.25) is 0 Å². The van der Waals surface area contributed by atoms with E-state index in [2.05, 4.69) is 78.0 Å². The van der Waals surface area contributed by atoms with E-state index in [4.69, 9.17) is 23.4 Å². The van der Waals surface area contributed by atoms with Gasteiger partial charge in [0.1, 0.15) is 41.2 Å². The third-order valence-electron chi connectivity index (χ3n) is 32.4. The Kier molecular flexibility index (Phi) is 11.7. The Balaban J connectivity index is 0.811. The molecule has 7 spiro atoms. The van der Waals surface area contributed by atoms with Crippen LogP contribution in [-0.2, 0) is 46.2 Å². The molecule has 480 valence electrons. The van der Waals surface area contributed by atoms with E-state index in [-0.39, 0.29) is 77.2 Å². The summed E-state index contributed by atoms with van der Waals surface area (Å²) in [5.74, 6) is -0.201. The highest BCUT2D eigenvalue weighted by Gasteiger charge is 3.02. The first-order valence-electron chi connectivity index (χ1n) is 36.7. The molecular formula is C77H96N2O11. The lowest BCUT2D eigenvalue weighted by molar-refractivity contribution is -0.311. The first kappa shape index (κ1) is 56.3. The van der Waals surface area contributed by atoms with Gasteiger partial charge in [0.05, 0.1) is 42.6 Å². The second kappa shape index (κ2) is 18.7. The van der Waals surface area contributed by atoms with Crippen LogP contribution < -0.4 is 5.32 Å². The van der Waals surface area contributed by atoms with E-state index in [0.717, 1.165) is 134 Å². The van der Waals surface area contributed by atoms with Gasteiger partial charge in [0.2, 0.25) is 0 Å². The molecule has 20 rings (SSSR count). The monoisotopic (exact) mass is 1220 g/mol. The molecule has 2 aromatic rings. The predicted molar refractivity (Wildman–Crippen MR) is 331 cm³/mol. The summed E-state index contributed by atoms with van der Waals surface area (Å²) in [7, 11) is 0. The first-order chi connectivity index (χ1) is 43.8. The number of rotatable bonds is 10. The van der Waals surface area contributed by atoms with E-state index in [1.807, 2.05) is 6.07 Å². The van der Waals surface area contributed by atoms with Crippen LogP contribution in [0.25, 0.3) is 0 Å². The molecule has 90 heavy (non-hydrogen) atoms. The molecule has 4 N–H and O–H groups in total. The molecular weight excluding hydrogens is 1130 g/mol. The van der Waals surface area contributed by atoms with E-state index in [9.17, 15) is 10.2 Å². The zero-order valence-corrected chi connectivity index (χ0v) is 53.0. The number of esters is 2. The van der Waals surface area contributed by atoms with Crippen LogP contribution in [0.5, 0.6) is 0 Å². The molecule has 6 bridgehead atoms. The molecule has 0 amide bonds. The van der Waals surface area contributed by atoms with Gasteiger partial charge in [-0.25, -0.2) is 4.79 Å². The van der Waals surface area contributed by atoms with Crippen LogP contribution in [0, 0.1) is 109 Å². The summed E-state index contributed by atoms with van der Waals surface area (Å²) in [6.45, 7) is 3.86. The van der Waals surface area contributed by atoms with Crippen LogP contribution >= 0.6 is 0 Å². The van der Waals surface area contributed by atoms with Crippen molar-refractivity contribution in [1.29, 1.82) is 0 Å². The average molecular weight is 1230 g/mol. The van der Waals surface area contributed by atoms with Gasteiger partial charge in [-0.15, -0.1) is 0 Å². The molecule has 0 radical (unpaired) electrons. The molecule has 1 aromatic carbocycles. The number of ether oxygens (including phenoxy) is 4. The molecule has 1 aromatic heterocycles. The number of nitrogens with zero attached hydrogens (tertiary/aromatic N) is 1. The number of epoxide rings is 1. The van der Waals surface area contributed by atoms with Crippen LogP contribution in [0.3, 0.4) is 0 Å². The number of hydrogen-bond acceptors (Lipinski definition) is 13. The van der Waals surface area contributed by atoms with Crippen molar-refractivity contribution in [2.45, 2.75) is 221 Å². The summed E-state index contributed by atoms with van der Waals surface area (Å²) < 4.78 is 38.0. The van der Waals surface area contributed by atoms with Gasteiger partial charge in [-0.05, 0) is 215 Å². The highest BCUT2D eigenvalue weighted by molar-refractivity contribution is 5.96. The number of carbonyl (C=O) groups is 3. The Hall–Kier alpha value is -4.11. The molecule has 13 heteroatoms. The smallest absolute Gasteiger partial charge is 0.339 e. The van der Waals surface area contributed by atoms with E-state index in [1.165, 1.54) is 43.2 Å². The normalized spacial score (nSPS) is 52.0. The van der Waals surface area contributed by atoms with Crippen LogP contribution in [0.4, 0.5) is 0 Å². The van der Waals surface area contributed by atoms with E-state index in [1.54, 1.807) is 6.26 Å². The predicted octanol–water partition coefficient (Wildman–Crippen LogP) is 11.2. The maximum Gasteiger partial charge on any atom is 0.339 e. The molecule has 18 aliphatic rings. The van der Waals surface area contributed by atoms with Gasteiger partial charge >= 0.3 is 11.9 Å². The van der Waals surface area contributed by atoms with Crippen LogP contribution in [0.1, 0.15) is 184 Å². The number of cyclic esters (lactones) is 2. The third-order valence-corrected chi connectivity index (χ3v) is 32.4. The fourth-order valence-corrected chi connectivity index (χ4v) is 30.2. The zero-order chi connectivity index (χ0) is 60.4. The quantitative estimate of drug-likeness (QED) is 0.100. The number of allylic oxidation sites excluding steroid dienone is 2. The maximum absolute atomic E-state index is 17.8. The number of Topliss-reactive ketones (excluding diaryl/α,β-unsaturated/α-hetero) is 1. The van der Waals surface area contributed by atoms with Crippen LogP contribution in [0.15, 0.2) is 83.2 Å². The highest BCUT2D eigenvalue weighted by Crippen LogP contribution is 2.96. The van der Waals surface area contributed by atoms with Crippen molar-refractivity contribution in [1.82, 2.24) is 10.2 Å². The molecule has 11 aliphatic carbocycles. The number of carbonyl (C=O) groups excluding carboxylic acids is 3. The number of fused-ring (bicyclic) bond motifs is 5. The Bertz CT molecular complexity index is 3460. The number of aliphatic hydroxyl groups excluding tert-OH is 3. The van der Waals surface area contributed by atoms with Crippen molar-refractivity contribution >= 4 is 17.7 Å². The fraction of sp³-hybridized carbons (Fsp3) is 0.753. The maximum atomic E-state index is 17.8. The SMILES string of the molecule is C[C@@]12C[C@H]3C[C@@]45[C@H]6CC7=CC[C@]8(C9CCCCC9)O[C@@]79[C@]7(COC(=O)[C@]94C=C[C@@H](C6)[C@@]54CCC5(CCCC5)C4)[C@@H]3[C@@]([C@H]3CCC[C@H](Cc4ccccc4)C3)([C@H](O)C(=O)[C@@H]78)[C@]13O[C@@H]3C(=O)O[C@H]2c1ccoc1C[C@@H]([C@@H]1CC[C@H]2[C@H](C=CN3CNC[C@@H]23)C1)[C@H](O)CO. The second-order valence-electron chi connectivity index (χ2n) is 34.6. The van der Waals surface area contributed by atoms with Crippen molar-refractivity contribution in [3.63, 3.8) is 0 Å². The lowest BCUT2D eigenvalue weighted by Gasteiger charge is -2.74. The summed E-state index contributed by atoms with van der Waals surface area (Å²) in [6.07, 6.45) is 34.4. The number of ketones is 1. The molecule has 13 nitrogen and oxygen atoms in total. The van der Waals surface area contributed by atoms with E-state index < -0.39 is 86.1 Å². The number of nitrogens with one attached hydrogen (secondary N) is 1. The summed E-state index contributed by atoms with van der Waals surface area (Å²) in [4.78, 5) is 53.2. The topological polar surface area (TPSA) is 181 Å². The molecule has 10 saturated carbocycles. The number of benzene rings is 1. The largest absolute Gasteiger partial charge is 0.469 e. The van der Waals surface area contributed by atoms with Crippen molar-refractivity contribution in [2.24, 2.45) is 109 Å². The average Bonchev–Trinajstić information content (AvgIpc) is 1.39. The molecule has 7 aliphatic heterocycles. The van der Waals surface area contributed by atoms with Gasteiger partial charge in [-0.2, -0.15) is 0 Å². The minimum atomic E-state index is -1.50. The first-order valence-corrected chi connectivity index (χ1v) is 36.7. The summed E-state index contributed by atoms with van der Waals surface area (Å²) in [6, 6.07) is 13.3. The van der Waals surface area contributed by atoms with Crippen molar-refractivity contribution in [3.8, 4) is 0 Å². The standard InChI is InChI=1S/C77H96N2O11/c1-68-37-48-38-74-53-34-50(70(74)28-27-69(41-70)23-8-9-24-69)20-26-73(74)67(85)87-42-71-61(48)75(51-16-10-13-45(32-51)31-44-11-4-2-5-12-44,63(83)60(82)62(71)72(49-14-6-3-7-15-49)25-19-52(35-53)76(71,73)90-72)77(68)65(89-77)66(84)88-64(68)55-22-30-86-59(55)36-56(58(81)40-80)46-17-18-54-47(33-46)21-29-79-43-78-39-57(54)79/h2,4-5,11-12,19-22,26,29-30,45-51,53-54,56-58,61-65,78,80-81,83H,3,6-10,13-18,23-25,27-28,31-43H2,1H3/t45-,46-,47-,48+,50+,51+,53-,54+,56+,57+,58-,61-,62+,63-,64+,65-,68+,70+,71-,72-,73+,74+,75+,76-,77-/m1/s1. The van der Waals surface area contributed by atoms with Gasteiger partial charge in [0, 0.05) is 40.8 Å². The Labute approximate surface area is 530 Å².